The molecule has 69 heavy (non-hydrogen) atoms. The van der Waals surface area contributed by atoms with Crippen molar-refractivity contribution >= 4 is 46.2 Å². The van der Waals surface area contributed by atoms with Gasteiger partial charge in [-0.1, -0.05) is 51.8 Å². The molecule has 0 spiro atoms. The Morgan fingerprint density at radius 2 is 1.78 bits per heavy atom. The average Bonchev–Trinajstić information content (AvgIpc) is 4.12. The Kier molecular flexibility index (Phi) is 13.8. The van der Waals surface area contributed by atoms with E-state index in [0.29, 0.717) is 13.0 Å². The number of nitrogens with zero attached hydrogens (tertiary/aromatic N) is 4. The summed E-state index contributed by atoms with van der Waals surface area (Å²) in [6.07, 6.45) is 8.08. The molecule has 4 amide bonds. The molecule has 6 heterocycles. The van der Waals surface area contributed by atoms with Gasteiger partial charge < -0.3 is 44.4 Å². The molecule has 5 aliphatic heterocycles. The minimum atomic E-state index is -0.704. The number of benzene rings is 3. The fourth-order valence-corrected chi connectivity index (χ4v) is 12.3. The average molecular weight is 944 g/mol. The number of H-pyrrole nitrogens is 1. The van der Waals surface area contributed by atoms with Crippen LogP contribution in [-0.4, -0.2) is 106 Å². The first-order chi connectivity index (χ1) is 33.2. The summed E-state index contributed by atoms with van der Waals surface area (Å²) in [5.41, 5.74) is 7.98. The number of carbonyl (C=O) groups excluding carboxylic acids is 4. The van der Waals surface area contributed by atoms with E-state index < -0.39 is 24.3 Å². The highest BCUT2D eigenvalue weighted by Gasteiger charge is 2.57. The molecular weight excluding hydrogens is 875 g/mol. The first-order valence-electron chi connectivity index (χ1n) is 25.2. The number of methoxy groups -OCH3 is 2. The second kappa shape index (κ2) is 19.8. The van der Waals surface area contributed by atoms with Crippen molar-refractivity contribution in [3.05, 3.63) is 65.6 Å². The van der Waals surface area contributed by atoms with Crippen LogP contribution >= 0.6 is 0 Å². The monoisotopic (exact) mass is 944 g/mol. The van der Waals surface area contributed by atoms with E-state index in [1.807, 2.05) is 50.6 Å². The van der Waals surface area contributed by atoms with Crippen molar-refractivity contribution < 1.29 is 38.1 Å². The van der Waals surface area contributed by atoms with Crippen molar-refractivity contribution in [1.29, 1.82) is 0 Å². The Morgan fingerprint density at radius 1 is 0.986 bits per heavy atom. The maximum absolute atomic E-state index is 14.5. The summed E-state index contributed by atoms with van der Waals surface area (Å²) in [5.74, 6) is 1.33. The molecule has 0 radical (unpaired) electrons. The van der Waals surface area contributed by atoms with Crippen LogP contribution in [0.1, 0.15) is 123 Å². The zero-order valence-electron chi connectivity index (χ0n) is 41.6. The number of hydrogen-bond donors (Lipinski definition) is 3. The van der Waals surface area contributed by atoms with Gasteiger partial charge in [-0.05, 0) is 142 Å². The number of rotatable bonds is 12. The Balaban J connectivity index is 0.978. The van der Waals surface area contributed by atoms with Gasteiger partial charge in [-0.2, -0.15) is 0 Å². The number of aliphatic imine (C=N–C) groups is 1. The highest BCUT2D eigenvalue weighted by molar-refractivity contribution is 6.00. The zero-order chi connectivity index (χ0) is 48.8. The van der Waals surface area contributed by atoms with Crippen LogP contribution < -0.4 is 15.4 Å². The summed E-state index contributed by atoms with van der Waals surface area (Å²) in [5, 5.41) is 7.92. The summed E-state index contributed by atoms with van der Waals surface area (Å²) in [7, 11) is 2.64. The number of aromatic amines is 1. The second-order valence-corrected chi connectivity index (χ2v) is 20.2. The number of fused-ring (bicyclic) bond motifs is 7. The quantitative estimate of drug-likeness (QED) is 0.117. The first kappa shape index (κ1) is 48.1. The van der Waals surface area contributed by atoms with Crippen LogP contribution in [0.25, 0.3) is 33.2 Å². The molecule has 15 nitrogen and oxygen atoms in total. The van der Waals surface area contributed by atoms with Gasteiger partial charge in [0.25, 0.3) is 0 Å². The molecule has 15 heteroatoms. The number of carbonyl (C=O) groups is 4. The largest absolute Gasteiger partial charge is 0.488 e. The molecular formula is C54H69N7O8. The van der Waals surface area contributed by atoms with Crippen molar-refractivity contribution in [2.24, 2.45) is 22.7 Å². The third-order valence-corrected chi connectivity index (χ3v) is 16.0. The Bertz CT molecular complexity index is 2650. The number of aryl methyl sites for hydroxylation is 1. The van der Waals surface area contributed by atoms with Crippen LogP contribution in [-0.2, 0) is 36.8 Å². The normalized spacial score (nSPS) is 27.1. The molecule has 0 saturated carbocycles. The van der Waals surface area contributed by atoms with Crippen LogP contribution in [0.4, 0.5) is 15.3 Å². The van der Waals surface area contributed by atoms with Gasteiger partial charge in [0.05, 0.1) is 56.1 Å². The predicted octanol–water partition coefficient (Wildman–Crippen LogP) is 9.57. The van der Waals surface area contributed by atoms with Crippen molar-refractivity contribution in [3.63, 3.8) is 0 Å². The molecule has 4 aromatic rings. The van der Waals surface area contributed by atoms with Gasteiger partial charge in [-0.15, -0.1) is 0 Å². The summed E-state index contributed by atoms with van der Waals surface area (Å²) < 4.78 is 22.8. The van der Waals surface area contributed by atoms with E-state index in [0.717, 1.165) is 119 Å². The molecule has 4 fully saturated rings. The van der Waals surface area contributed by atoms with E-state index in [2.05, 4.69) is 71.9 Å². The minimum Gasteiger partial charge on any atom is -0.488 e. The maximum atomic E-state index is 14.5. The Hall–Kier alpha value is -5.96. The number of aromatic nitrogens is 2. The highest BCUT2D eigenvalue weighted by Crippen LogP contribution is 2.48. The van der Waals surface area contributed by atoms with Gasteiger partial charge in [0.2, 0.25) is 11.8 Å². The van der Waals surface area contributed by atoms with Crippen molar-refractivity contribution in [1.82, 2.24) is 30.4 Å². The van der Waals surface area contributed by atoms with E-state index in [1.54, 1.807) is 0 Å². The Morgan fingerprint density at radius 3 is 2.54 bits per heavy atom. The maximum Gasteiger partial charge on any atom is 0.407 e. The Labute approximate surface area is 405 Å². The molecule has 1 aromatic heterocycles. The number of imidazole rings is 1. The van der Waals surface area contributed by atoms with Crippen LogP contribution in [0.5, 0.6) is 5.75 Å². The van der Waals surface area contributed by atoms with E-state index in [1.165, 1.54) is 14.2 Å². The second-order valence-electron chi connectivity index (χ2n) is 20.2. The summed E-state index contributed by atoms with van der Waals surface area (Å²) in [6.45, 7) is 14.8. The van der Waals surface area contributed by atoms with Crippen molar-refractivity contribution in [2.45, 2.75) is 161 Å². The van der Waals surface area contributed by atoms with E-state index in [9.17, 15) is 19.2 Å². The fraction of sp³-hybridized carbons (Fsp3) is 0.556. The van der Waals surface area contributed by atoms with Gasteiger partial charge in [-0.3, -0.25) is 14.6 Å². The zero-order valence-corrected chi connectivity index (χ0v) is 41.6. The van der Waals surface area contributed by atoms with Crippen LogP contribution in [0.2, 0.25) is 0 Å². The predicted molar refractivity (Wildman–Crippen MR) is 264 cm³/mol. The molecule has 4 saturated heterocycles. The van der Waals surface area contributed by atoms with E-state index >= 15 is 0 Å². The fourth-order valence-electron chi connectivity index (χ4n) is 12.3. The first-order valence-corrected chi connectivity index (χ1v) is 25.2. The van der Waals surface area contributed by atoms with Gasteiger partial charge >= 0.3 is 12.2 Å². The summed E-state index contributed by atoms with van der Waals surface area (Å²) >= 11 is 0. The molecule has 3 N–H and O–H groups in total. The topological polar surface area (TPSA) is 177 Å². The standard InChI is InChI=1S/C54H69N7O8/c1-10-12-13-37-38-25-46-39(24-33(38)16-18-41(37)56-31(6)43-20-21-44-47-32(7)69-30(5)22-40(47)49(52(63)61(43)44)59-54(65)67-9)36-17-15-34(23-35(36)27-68-46)42-26-55-50(57-42)45-19-14-29(4)60(45)51(62)48(28(3)11-2)58-53(64)66-8/h15-18,23-26,28-30,32,40,43-45,47-49H,10-14,19-22,27H2,1-9H3,(H,55,57)(H,58,64)(H,59,65)/t28-,29-,30+,32+,40?,43-,44+,45-,47?,48-,49-/m0/s1. The molecule has 0 aliphatic carbocycles. The molecule has 368 valence electrons. The molecule has 11 atom stereocenters. The number of amides is 4. The minimum absolute atomic E-state index is 0.00214. The lowest BCUT2D eigenvalue weighted by molar-refractivity contribution is -0.166. The van der Waals surface area contributed by atoms with Crippen LogP contribution in [0.15, 0.2) is 53.7 Å². The lowest BCUT2D eigenvalue weighted by atomic mass is 9.69. The van der Waals surface area contributed by atoms with Crippen molar-refractivity contribution in [3.8, 4) is 28.1 Å². The number of ether oxygens (including phenoxy) is 4. The van der Waals surface area contributed by atoms with Crippen molar-refractivity contribution in [2.75, 3.05) is 14.2 Å². The summed E-state index contributed by atoms with van der Waals surface area (Å²) in [6, 6.07) is 13.2. The van der Waals surface area contributed by atoms with Crippen LogP contribution in [0.3, 0.4) is 0 Å². The number of unbranched alkanes of at least 4 members (excludes halogenated alkanes) is 1. The van der Waals surface area contributed by atoms with Gasteiger partial charge in [0.15, 0.2) is 0 Å². The smallest absolute Gasteiger partial charge is 0.407 e. The van der Waals surface area contributed by atoms with Crippen LogP contribution in [0, 0.1) is 17.8 Å². The third-order valence-electron chi connectivity index (χ3n) is 16.0. The number of piperidine rings is 1. The molecule has 2 unspecified atom stereocenters. The number of likely N-dealkylation sites (tertiary alicyclic amines) is 1. The number of nitrogens with one attached hydrogen (secondary N) is 3. The highest BCUT2D eigenvalue weighted by atomic mass is 16.5. The lowest BCUT2D eigenvalue weighted by Crippen LogP contribution is -2.67. The van der Waals surface area contributed by atoms with E-state index in [-0.39, 0.29) is 65.9 Å². The van der Waals surface area contributed by atoms with Gasteiger partial charge in [-0.25, -0.2) is 14.6 Å². The van der Waals surface area contributed by atoms with E-state index in [4.69, 9.17) is 28.9 Å². The van der Waals surface area contributed by atoms with Gasteiger partial charge in [0, 0.05) is 29.3 Å². The number of hydrogen-bond acceptors (Lipinski definition) is 10. The van der Waals surface area contributed by atoms with Gasteiger partial charge in [0.1, 0.15) is 30.3 Å². The summed E-state index contributed by atoms with van der Waals surface area (Å²) in [4.78, 5) is 71.1. The molecule has 9 rings (SSSR count). The number of alkyl carbamates (subject to hydrolysis) is 2. The molecule has 0 bridgehead atoms. The third kappa shape index (κ3) is 8.95. The molecule has 3 aromatic carbocycles. The lowest BCUT2D eigenvalue weighted by Gasteiger charge is -2.52. The SMILES string of the molecule is CCCCc1c(N=C(C)[C@@H]2CC[C@@H]3C4C(C[C@@H](C)O[C@@H]4C)[C@H](NC(=O)OC)C(=O)N32)ccc2cc3c(cc12)OCc1cc(-c2cnc([C@@H]4CC[C@H](C)N4C(=O)[C@@H](NC(=O)OC)[C@@H](C)CC)[nH]2)ccc1-3. The molecule has 5 aliphatic rings.